The van der Waals surface area contributed by atoms with E-state index in [0.717, 1.165) is 11.8 Å². The standard InChI is InChI=1S/C17H27N/c1-11-8-12(2)10-15(9-11)17(18)16-7-5-6-13(3)14(16)4/h5-7,11-12,15,17H,8-10,18H2,1-4H3. The van der Waals surface area contributed by atoms with Crippen LogP contribution in [-0.2, 0) is 0 Å². The van der Waals surface area contributed by atoms with Gasteiger partial charge in [-0.05, 0) is 67.6 Å². The Labute approximate surface area is 112 Å². The van der Waals surface area contributed by atoms with Gasteiger partial charge < -0.3 is 5.73 Å². The van der Waals surface area contributed by atoms with Crippen LogP contribution in [-0.4, -0.2) is 0 Å². The Bertz CT molecular complexity index is 400. The lowest BCUT2D eigenvalue weighted by atomic mass is 9.72. The van der Waals surface area contributed by atoms with Crippen molar-refractivity contribution in [2.75, 3.05) is 0 Å². The van der Waals surface area contributed by atoms with Crippen LogP contribution in [0.25, 0.3) is 0 Å². The van der Waals surface area contributed by atoms with Crippen LogP contribution in [0.1, 0.15) is 55.8 Å². The summed E-state index contributed by atoms with van der Waals surface area (Å²) >= 11 is 0. The number of rotatable bonds is 2. The zero-order valence-electron chi connectivity index (χ0n) is 12.2. The third-order valence-electron chi connectivity index (χ3n) is 4.73. The molecule has 0 aliphatic heterocycles. The molecule has 3 unspecified atom stereocenters. The highest BCUT2D eigenvalue weighted by Crippen LogP contribution is 2.39. The number of aryl methyl sites for hydroxylation is 1. The molecule has 3 atom stereocenters. The Balaban J connectivity index is 2.20. The third-order valence-corrected chi connectivity index (χ3v) is 4.73. The van der Waals surface area contributed by atoms with Crippen molar-refractivity contribution in [2.24, 2.45) is 23.5 Å². The molecule has 0 heterocycles. The molecule has 2 N–H and O–H groups in total. The van der Waals surface area contributed by atoms with E-state index in [2.05, 4.69) is 45.9 Å². The van der Waals surface area contributed by atoms with Gasteiger partial charge in [-0.3, -0.25) is 0 Å². The van der Waals surface area contributed by atoms with E-state index in [1.54, 1.807) is 0 Å². The van der Waals surface area contributed by atoms with Crippen LogP contribution >= 0.6 is 0 Å². The minimum atomic E-state index is 0.218. The second-order valence-electron chi connectivity index (χ2n) is 6.49. The normalized spacial score (nSPS) is 30.2. The maximum absolute atomic E-state index is 6.56. The molecular weight excluding hydrogens is 218 g/mol. The molecule has 18 heavy (non-hydrogen) atoms. The predicted octanol–water partition coefficient (Wildman–Crippen LogP) is 4.38. The summed E-state index contributed by atoms with van der Waals surface area (Å²) in [5, 5.41) is 0. The van der Waals surface area contributed by atoms with Crippen LogP contribution in [0.15, 0.2) is 18.2 Å². The van der Waals surface area contributed by atoms with Crippen molar-refractivity contribution >= 4 is 0 Å². The minimum Gasteiger partial charge on any atom is -0.324 e. The van der Waals surface area contributed by atoms with Gasteiger partial charge in [-0.15, -0.1) is 0 Å². The molecule has 0 aromatic heterocycles. The average Bonchev–Trinajstić information content (AvgIpc) is 2.30. The molecule has 1 aromatic rings. The number of nitrogens with two attached hydrogens (primary N) is 1. The Kier molecular flexibility index (Phi) is 4.11. The Hall–Kier alpha value is -0.820. The lowest BCUT2D eigenvalue weighted by Crippen LogP contribution is -2.29. The molecule has 1 saturated carbocycles. The lowest BCUT2D eigenvalue weighted by molar-refractivity contribution is 0.193. The topological polar surface area (TPSA) is 26.0 Å². The fourth-order valence-corrected chi connectivity index (χ4v) is 3.69. The van der Waals surface area contributed by atoms with Crippen molar-refractivity contribution in [3.8, 4) is 0 Å². The minimum absolute atomic E-state index is 0.218. The second-order valence-corrected chi connectivity index (χ2v) is 6.49. The molecular formula is C17H27N. The van der Waals surface area contributed by atoms with Crippen LogP contribution in [0.2, 0.25) is 0 Å². The maximum Gasteiger partial charge on any atom is 0.0326 e. The summed E-state index contributed by atoms with van der Waals surface area (Å²) in [5.74, 6) is 2.31. The maximum atomic E-state index is 6.56. The zero-order chi connectivity index (χ0) is 13.3. The molecule has 1 aliphatic carbocycles. The van der Waals surface area contributed by atoms with Gasteiger partial charge in [0, 0.05) is 6.04 Å². The van der Waals surface area contributed by atoms with Gasteiger partial charge >= 0.3 is 0 Å². The molecule has 1 aromatic carbocycles. The Morgan fingerprint density at radius 2 is 1.67 bits per heavy atom. The summed E-state index contributed by atoms with van der Waals surface area (Å²) in [7, 11) is 0. The van der Waals surface area contributed by atoms with Crippen molar-refractivity contribution < 1.29 is 0 Å². The number of hydrogen-bond donors (Lipinski definition) is 1. The average molecular weight is 245 g/mol. The van der Waals surface area contributed by atoms with Crippen molar-refractivity contribution in [1.29, 1.82) is 0 Å². The monoisotopic (exact) mass is 245 g/mol. The Morgan fingerprint density at radius 3 is 2.28 bits per heavy atom. The first-order chi connectivity index (χ1) is 8.49. The van der Waals surface area contributed by atoms with E-state index in [0.29, 0.717) is 5.92 Å². The molecule has 1 nitrogen and oxygen atoms in total. The van der Waals surface area contributed by atoms with E-state index in [9.17, 15) is 0 Å². The predicted molar refractivity (Wildman–Crippen MR) is 78.5 cm³/mol. The Morgan fingerprint density at radius 1 is 1.06 bits per heavy atom. The largest absolute Gasteiger partial charge is 0.324 e. The van der Waals surface area contributed by atoms with Crippen LogP contribution in [0, 0.1) is 31.6 Å². The SMILES string of the molecule is Cc1cccc(C(N)C2CC(C)CC(C)C2)c1C. The van der Waals surface area contributed by atoms with Crippen molar-refractivity contribution in [1.82, 2.24) is 0 Å². The van der Waals surface area contributed by atoms with Crippen LogP contribution < -0.4 is 5.73 Å². The van der Waals surface area contributed by atoms with Gasteiger partial charge in [-0.1, -0.05) is 32.0 Å². The summed E-state index contributed by atoms with van der Waals surface area (Å²) in [6.45, 7) is 9.13. The summed E-state index contributed by atoms with van der Waals surface area (Å²) < 4.78 is 0. The van der Waals surface area contributed by atoms with Gasteiger partial charge in [0.2, 0.25) is 0 Å². The van der Waals surface area contributed by atoms with E-state index in [-0.39, 0.29) is 6.04 Å². The molecule has 100 valence electrons. The quantitative estimate of drug-likeness (QED) is 0.822. The molecule has 1 heteroatoms. The first-order valence-electron chi connectivity index (χ1n) is 7.30. The highest BCUT2D eigenvalue weighted by molar-refractivity contribution is 5.35. The second kappa shape index (κ2) is 5.44. The van der Waals surface area contributed by atoms with Gasteiger partial charge in [0.05, 0.1) is 0 Å². The van der Waals surface area contributed by atoms with Gasteiger partial charge in [0.1, 0.15) is 0 Å². The fraction of sp³-hybridized carbons (Fsp3) is 0.647. The van der Waals surface area contributed by atoms with Crippen molar-refractivity contribution in [2.45, 2.75) is 53.0 Å². The van der Waals surface area contributed by atoms with Gasteiger partial charge in [-0.2, -0.15) is 0 Å². The van der Waals surface area contributed by atoms with E-state index in [4.69, 9.17) is 5.73 Å². The smallest absolute Gasteiger partial charge is 0.0326 e. The molecule has 0 bridgehead atoms. The van der Waals surface area contributed by atoms with Crippen molar-refractivity contribution in [3.05, 3.63) is 34.9 Å². The lowest BCUT2D eigenvalue weighted by Gasteiger charge is -2.35. The van der Waals surface area contributed by atoms with E-state index >= 15 is 0 Å². The first-order valence-corrected chi connectivity index (χ1v) is 7.30. The van der Waals surface area contributed by atoms with Gasteiger partial charge in [0.15, 0.2) is 0 Å². The highest BCUT2D eigenvalue weighted by atomic mass is 14.7. The summed E-state index contributed by atoms with van der Waals surface area (Å²) in [6.07, 6.45) is 3.95. The summed E-state index contributed by atoms with van der Waals surface area (Å²) in [4.78, 5) is 0. The molecule has 0 radical (unpaired) electrons. The molecule has 0 spiro atoms. The van der Waals surface area contributed by atoms with E-state index < -0.39 is 0 Å². The van der Waals surface area contributed by atoms with Crippen LogP contribution in [0.3, 0.4) is 0 Å². The third kappa shape index (κ3) is 2.77. The number of hydrogen-bond acceptors (Lipinski definition) is 1. The molecule has 1 aliphatic rings. The number of benzene rings is 1. The first kappa shape index (κ1) is 13.6. The highest BCUT2D eigenvalue weighted by Gasteiger charge is 2.29. The van der Waals surface area contributed by atoms with Crippen LogP contribution in [0.4, 0.5) is 0 Å². The molecule has 1 fully saturated rings. The van der Waals surface area contributed by atoms with Crippen LogP contribution in [0.5, 0.6) is 0 Å². The summed E-state index contributed by atoms with van der Waals surface area (Å²) in [6, 6.07) is 6.76. The zero-order valence-corrected chi connectivity index (χ0v) is 12.2. The van der Waals surface area contributed by atoms with E-state index in [1.807, 2.05) is 0 Å². The molecule has 0 amide bonds. The van der Waals surface area contributed by atoms with E-state index in [1.165, 1.54) is 36.0 Å². The molecule has 2 rings (SSSR count). The fourth-order valence-electron chi connectivity index (χ4n) is 3.69. The van der Waals surface area contributed by atoms with Gasteiger partial charge in [-0.25, -0.2) is 0 Å². The summed E-state index contributed by atoms with van der Waals surface area (Å²) in [5.41, 5.74) is 10.7. The van der Waals surface area contributed by atoms with Gasteiger partial charge in [0.25, 0.3) is 0 Å². The molecule has 0 saturated heterocycles. The van der Waals surface area contributed by atoms with Crippen molar-refractivity contribution in [3.63, 3.8) is 0 Å².